The van der Waals surface area contributed by atoms with Crippen LogP contribution in [0.25, 0.3) is 17.1 Å². The molecule has 5 rings (SSSR count). The van der Waals surface area contributed by atoms with E-state index in [1.165, 1.54) is 17.0 Å². The van der Waals surface area contributed by atoms with E-state index < -0.39 is 0 Å². The molecule has 2 aliphatic heterocycles. The quantitative estimate of drug-likeness (QED) is 0.628. The zero-order chi connectivity index (χ0) is 22.2. The summed E-state index contributed by atoms with van der Waals surface area (Å²) in [5.41, 5.74) is 2.41. The van der Waals surface area contributed by atoms with Crippen LogP contribution < -0.4 is 0 Å². The van der Waals surface area contributed by atoms with Gasteiger partial charge >= 0.3 is 0 Å². The first-order chi connectivity index (χ1) is 15.5. The Balaban J connectivity index is 1.27. The first kappa shape index (κ1) is 20.1. The van der Waals surface area contributed by atoms with Crippen molar-refractivity contribution in [2.24, 2.45) is 0 Å². The summed E-state index contributed by atoms with van der Waals surface area (Å²) in [5, 5.41) is 3.98. The van der Waals surface area contributed by atoms with Crippen LogP contribution in [0.2, 0.25) is 0 Å². The summed E-state index contributed by atoms with van der Waals surface area (Å²) in [6.07, 6.45) is 1.58. The second kappa shape index (κ2) is 8.03. The van der Waals surface area contributed by atoms with Gasteiger partial charge in [-0.15, -0.1) is 0 Å². The van der Waals surface area contributed by atoms with E-state index in [2.05, 4.69) is 16.7 Å². The molecule has 3 aromatic rings. The van der Waals surface area contributed by atoms with Crippen molar-refractivity contribution in [1.82, 2.24) is 19.9 Å². The van der Waals surface area contributed by atoms with Crippen LogP contribution >= 0.6 is 0 Å². The van der Waals surface area contributed by atoms with Crippen LogP contribution in [0.1, 0.15) is 40.6 Å². The number of aromatic nitrogens is 2. The maximum absolute atomic E-state index is 13.5. The van der Waals surface area contributed by atoms with Crippen molar-refractivity contribution in [3.05, 3.63) is 77.9 Å². The summed E-state index contributed by atoms with van der Waals surface area (Å²) in [5.74, 6) is -0.0952. The molecule has 2 aliphatic rings. The van der Waals surface area contributed by atoms with E-state index in [0.29, 0.717) is 41.6 Å². The smallest absolute Gasteiger partial charge is 0.259 e. The molecule has 1 unspecified atom stereocenters. The molecule has 0 aliphatic carbocycles. The summed E-state index contributed by atoms with van der Waals surface area (Å²) < 4.78 is 18.9. The number of carbonyl (C=O) groups excluding carboxylic acids is 2. The third-order valence-electron chi connectivity index (χ3n) is 5.98. The number of halogens is 1. The predicted octanol–water partition coefficient (Wildman–Crippen LogP) is 3.71. The largest absolute Gasteiger partial charge is 0.340 e. The lowest BCUT2D eigenvalue weighted by molar-refractivity contribution is -0.132. The number of carbonyl (C=O) groups is 2. The Morgan fingerprint density at radius 2 is 2.00 bits per heavy atom. The number of piperidine rings is 1. The van der Waals surface area contributed by atoms with Crippen molar-refractivity contribution in [3.8, 4) is 11.4 Å². The van der Waals surface area contributed by atoms with Gasteiger partial charge in [0.25, 0.3) is 5.91 Å². The maximum atomic E-state index is 13.5. The van der Waals surface area contributed by atoms with Crippen LogP contribution in [0.4, 0.5) is 4.39 Å². The standard InChI is InChI=1S/C24H21FN4O3/c1-15-19-9-2-3-10-20(19)24(31)29(15)14-21(30)28-11-5-7-17(13-28)23-26-22(27-32-23)16-6-4-8-18(25)12-16/h2-4,6,8-10,12,17H,1,5,7,11,13-14H2. The second-order valence-corrected chi connectivity index (χ2v) is 8.03. The highest BCUT2D eigenvalue weighted by Crippen LogP contribution is 2.32. The van der Waals surface area contributed by atoms with E-state index in [4.69, 9.17) is 4.52 Å². The topological polar surface area (TPSA) is 79.5 Å². The Labute approximate surface area is 184 Å². The highest BCUT2D eigenvalue weighted by molar-refractivity contribution is 6.10. The predicted molar refractivity (Wildman–Crippen MR) is 115 cm³/mol. The molecular weight excluding hydrogens is 411 g/mol. The molecule has 0 N–H and O–H groups in total. The number of benzene rings is 2. The fourth-order valence-corrected chi connectivity index (χ4v) is 4.29. The zero-order valence-corrected chi connectivity index (χ0v) is 17.3. The monoisotopic (exact) mass is 432 g/mol. The molecule has 32 heavy (non-hydrogen) atoms. The highest BCUT2D eigenvalue weighted by Gasteiger charge is 2.35. The lowest BCUT2D eigenvalue weighted by atomic mass is 9.98. The van der Waals surface area contributed by atoms with E-state index in [9.17, 15) is 14.0 Å². The van der Waals surface area contributed by atoms with E-state index in [1.54, 1.807) is 29.2 Å². The summed E-state index contributed by atoms with van der Waals surface area (Å²) in [6, 6.07) is 13.2. The number of hydrogen-bond donors (Lipinski definition) is 0. The minimum atomic E-state index is -0.372. The van der Waals surface area contributed by atoms with Gasteiger partial charge in [-0.2, -0.15) is 4.98 Å². The number of nitrogens with zero attached hydrogens (tertiary/aromatic N) is 4. The van der Waals surface area contributed by atoms with Gasteiger partial charge in [-0.1, -0.05) is 42.1 Å². The molecule has 0 spiro atoms. The summed E-state index contributed by atoms with van der Waals surface area (Å²) >= 11 is 0. The Morgan fingerprint density at radius 1 is 1.19 bits per heavy atom. The van der Waals surface area contributed by atoms with Crippen LogP contribution in [0.5, 0.6) is 0 Å². The maximum Gasteiger partial charge on any atom is 0.259 e. The van der Waals surface area contributed by atoms with Crippen molar-refractivity contribution >= 4 is 17.5 Å². The van der Waals surface area contributed by atoms with E-state index in [-0.39, 0.29) is 30.1 Å². The van der Waals surface area contributed by atoms with Gasteiger partial charge in [0.05, 0.1) is 5.92 Å². The molecule has 0 bridgehead atoms. The van der Waals surface area contributed by atoms with Crippen LogP contribution in [0, 0.1) is 5.82 Å². The minimum Gasteiger partial charge on any atom is -0.340 e. The Morgan fingerprint density at radius 3 is 2.78 bits per heavy atom. The summed E-state index contributed by atoms with van der Waals surface area (Å²) in [6.45, 7) is 4.96. The first-order valence-corrected chi connectivity index (χ1v) is 10.5. The molecule has 8 heteroatoms. The lowest BCUT2D eigenvalue weighted by Gasteiger charge is -2.32. The van der Waals surface area contributed by atoms with Crippen molar-refractivity contribution in [1.29, 1.82) is 0 Å². The molecule has 0 radical (unpaired) electrons. The van der Waals surface area contributed by atoms with Gasteiger partial charge < -0.3 is 9.42 Å². The third kappa shape index (κ3) is 3.57. The van der Waals surface area contributed by atoms with Gasteiger partial charge in [-0.05, 0) is 31.0 Å². The fraction of sp³-hybridized carbons (Fsp3) is 0.250. The molecule has 2 aromatic carbocycles. The van der Waals surface area contributed by atoms with Crippen molar-refractivity contribution in [2.45, 2.75) is 18.8 Å². The first-order valence-electron chi connectivity index (χ1n) is 10.5. The van der Waals surface area contributed by atoms with E-state index in [0.717, 1.165) is 18.4 Å². The Kier molecular flexibility index (Phi) is 5.05. The van der Waals surface area contributed by atoms with Gasteiger partial charge in [0.15, 0.2) is 0 Å². The van der Waals surface area contributed by atoms with Crippen molar-refractivity contribution < 1.29 is 18.5 Å². The Hall–Kier alpha value is -3.81. The van der Waals surface area contributed by atoms with E-state index >= 15 is 0 Å². The molecule has 7 nitrogen and oxygen atoms in total. The van der Waals surface area contributed by atoms with Gasteiger partial charge in [-0.3, -0.25) is 14.5 Å². The molecule has 1 saturated heterocycles. The van der Waals surface area contributed by atoms with Crippen LogP contribution in [0.3, 0.4) is 0 Å². The average molecular weight is 432 g/mol. The molecule has 2 amide bonds. The fourth-order valence-electron chi connectivity index (χ4n) is 4.29. The number of hydrogen-bond acceptors (Lipinski definition) is 5. The van der Waals surface area contributed by atoms with Crippen molar-refractivity contribution in [2.75, 3.05) is 19.6 Å². The Bertz CT molecular complexity index is 1190. The molecule has 0 saturated carbocycles. The van der Waals surface area contributed by atoms with Gasteiger partial charge in [-0.25, -0.2) is 4.39 Å². The van der Waals surface area contributed by atoms with E-state index in [1.807, 2.05) is 12.1 Å². The lowest BCUT2D eigenvalue weighted by Crippen LogP contribution is -2.44. The SMILES string of the molecule is C=C1c2ccccc2C(=O)N1CC(=O)N1CCCC(c2nc(-c3cccc(F)c3)no2)C1. The second-order valence-electron chi connectivity index (χ2n) is 8.03. The third-order valence-corrected chi connectivity index (χ3v) is 5.98. The normalized spacial score (nSPS) is 18.2. The average Bonchev–Trinajstić information content (AvgIpc) is 3.40. The molecule has 162 valence electrons. The molecule has 1 aromatic heterocycles. The van der Waals surface area contributed by atoms with Gasteiger partial charge in [0, 0.05) is 35.5 Å². The van der Waals surface area contributed by atoms with Crippen LogP contribution in [-0.4, -0.2) is 51.4 Å². The molecule has 1 atom stereocenters. The number of rotatable bonds is 4. The van der Waals surface area contributed by atoms with Gasteiger partial charge in [0.2, 0.25) is 17.6 Å². The molecule has 1 fully saturated rings. The zero-order valence-electron chi connectivity index (χ0n) is 17.3. The van der Waals surface area contributed by atoms with Crippen molar-refractivity contribution in [3.63, 3.8) is 0 Å². The van der Waals surface area contributed by atoms with Gasteiger partial charge in [0.1, 0.15) is 12.4 Å². The molecular formula is C24H21FN4O3. The summed E-state index contributed by atoms with van der Waals surface area (Å²) in [7, 11) is 0. The van der Waals surface area contributed by atoms with Crippen LogP contribution in [0.15, 0.2) is 59.6 Å². The van der Waals surface area contributed by atoms with Crippen LogP contribution in [-0.2, 0) is 4.79 Å². The number of amides is 2. The highest BCUT2D eigenvalue weighted by atomic mass is 19.1. The minimum absolute atomic E-state index is 0.0581. The number of fused-ring (bicyclic) bond motifs is 1. The molecule has 3 heterocycles. The summed E-state index contributed by atoms with van der Waals surface area (Å²) in [4.78, 5) is 33.3. The number of likely N-dealkylation sites (tertiary alicyclic amines) is 1.